The molecule has 3 N–H and O–H groups in total. The Labute approximate surface area is 201 Å². The fraction of sp³-hybridized carbons (Fsp3) is 0.269. The third kappa shape index (κ3) is 4.19. The number of hydrogen-bond acceptors (Lipinski definition) is 5. The van der Waals surface area contributed by atoms with Crippen molar-refractivity contribution in [1.82, 2.24) is 10.4 Å². The molecule has 0 saturated heterocycles. The molecule has 1 heterocycles. The molecule has 0 fully saturated rings. The summed E-state index contributed by atoms with van der Waals surface area (Å²) >= 11 is 3.57. The quantitative estimate of drug-likeness (QED) is 0.622. The summed E-state index contributed by atoms with van der Waals surface area (Å²) in [6.07, 6.45) is 0.883. The summed E-state index contributed by atoms with van der Waals surface area (Å²) in [7, 11) is 0. The topological polar surface area (TPSA) is 99.2 Å². The van der Waals surface area contributed by atoms with E-state index in [2.05, 4.69) is 27.4 Å². The minimum absolute atomic E-state index is 0.0446. The van der Waals surface area contributed by atoms with E-state index in [-0.39, 0.29) is 28.5 Å². The number of benzene rings is 2. The van der Waals surface area contributed by atoms with Gasteiger partial charge in [-0.1, -0.05) is 65.7 Å². The van der Waals surface area contributed by atoms with E-state index in [1.54, 1.807) is 12.1 Å². The van der Waals surface area contributed by atoms with E-state index >= 15 is 0 Å². The van der Waals surface area contributed by atoms with Crippen LogP contribution in [-0.4, -0.2) is 16.7 Å². The molecule has 2 aromatic carbocycles. The molecule has 4 rings (SSSR count). The van der Waals surface area contributed by atoms with Crippen molar-refractivity contribution in [3.8, 4) is 6.07 Å². The fourth-order valence-electron chi connectivity index (χ4n) is 4.53. The number of nitrogens with zero attached hydrogens (tertiary/aromatic N) is 2. The van der Waals surface area contributed by atoms with Gasteiger partial charge >= 0.3 is 0 Å². The summed E-state index contributed by atoms with van der Waals surface area (Å²) in [5, 5.41) is 11.5. The van der Waals surface area contributed by atoms with Crippen molar-refractivity contribution >= 4 is 27.6 Å². The lowest BCUT2D eigenvalue weighted by Gasteiger charge is -2.43. The predicted octanol–water partition coefficient (Wildman–Crippen LogP) is 4.84. The first-order valence-corrected chi connectivity index (χ1v) is 11.5. The number of rotatable bonds is 3. The molecular formula is C26H25BrN4O2. The van der Waals surface area contributed by atoms with Gasteiger partial charge in [0, 0.05) is 22.0 Å². The highest BCUT2D eigenvalue weighted by molar-refractivity contribution is 9.10. The second kappa shape index (κ2) is 8.53. The Balaban J connectivity index is 1.87. The van der Waals surface area contributed by atoms with Gasteiger partial charge in [0.05, 0.1) is 23.3 Å². The Hall–Kier alpha value is -3.37. The molecule has 0 saturated carbocycles. The van der Waals surface area contributed by atoms with Gasteiger partial charge in [-0.2, -0.15) is 5.26 Å². The first-order valence-electron chi connectivity index (χ1n) is 10.7. The zero-order valence-corrected chi connectivity index (χ0v) is 20.4. The van der Waals surface area contributed by atoms with E-state index in [1.807, 2.05) is 57.2 Å². The van der Waals surface area contributed by atoms with Crippen molar-refractivity contribution in [2.24, 2.45) is 11.1 Å². The highest BCUT2D eigenvalue weighted by Gasteiger charge is 2.45. The van der Waals surface area contributed by atoms with Crippen molar-refractivity contribution in [2.75, 3.05) is 0 Å². The van der Waals surface area contributed by atoms with E-state index in [4.69, 9.17) is 5.73 Å². The van der Waals surface area contributed by atoms with E-state index < -0.39 is 5.92 Å². The third-order valence-electron chi connectivity index (χ3n) is 6.12. The minimum atomic E-state index is -0.600. The number of amides is 1. The molecule has 1 aliphatic heterocycles. The Morgan fingerprint density at radius 1 is 1.18 bits per heavy atom. The first kappa shape index (κ1) is 22.8. The summed E-state index contributed by atoms with van der Waals surface area (Å²) in [4.78, 5) is 26.5. The fourth-order valence-corrected chi connectivity index (χ4v) is 5.04. The number of nitriles is 1. The van der Waals surface area contributed by atoms with Crippen LogP contribution in [0, 0.1) is 23.7 Å². The number of nitrogens with two attached hydrogens (primary N) is 1. The zero-order valence-electron chi connectivity index (χ0n) is 18.8. The molecule has 2 aliphatic rings. The molecule has 1 unspecified atom stereocenters. The highest BCUT2D eigenvalue weighted by atomic mass is 79.9. The number of carbonyl (C=O) groups excluding carboxylic acids is 2. The highest BCUT2D eigenvalue weighted by Crippen LogP contribution is 2.49. The number of nitrogens with one attached hydrogen (secondary N) is 1. The molecule has 168 valence electrons. The van der Waals surface area contributed by atoms with Gasteiger partial charge in [0.2, 0.25) is 0 Å². The maximum Gasteiger partial charge on any atom is 0.270 e. The Morgan fingerprint density at radius 3 is 2.48 bits per heavy atom. The van der Waals surface area contributed by atoms with Crippen LogP contribution in [0.5, 0.6) is 0 Å². The van der Waals surface area contributed by atoms with Crippen molar-refractivity contribution < 1.29 is 9.59 Å². The minimum Gasteiger partial charge on any atom is -0.383 e. The summed E-state index contributed by atoms with van der Waals surface area (Å²) in [5.74, 6) is -0.881. The van der Waals surface area contributed by atoms with Crippen molar-refractivity contribution in [1.29, 1.82) is 5.26 Å². The molecule has 0 spiro atoms. The summed E-state index contributed by atoms with van der Waals surface area (Å²) in [6.45, 7) is 5.98. The van der Waals surface area contributed by atoms with Gasteiger partial charge in [-0.05, 0) is 42.5 Å². The number of aryl methyl sites for hydroxylation is 1. The molecule has 0 radical (unpaired) electrons. The number of ketones is 1. The molecule has 6 nitrogen and oxygen atoms in total. The third-order valence-corrected chi connectivity index (χ3v) is 6.85. The molecule has 0 bridgehead atoms. The van der Waals surface area contributed by atoms with Gasteiger partial charge in [0.1, 0.15) is 5.82 Å². The van der Waals surface area contributed by atoms with Crippen molar-refractivity contribution in [3.05, 3.63) is 92.4 Å². The SMILES string of the molecule is Cc1ccc(C(=O)NN2C(N)=C(C#N)C(c3ccccc3Br)C3=C2CC(C)(C)CC3=O)cc1. The summed E-state index contributed by atoms with van der Waals surface area (Å²) in [5.41, 5.74) is 12.7. The number of hydrogen-bond donors (Lipinski definition) is 2. The number of allylic oxidation sites excluding steroid dienone is 3. The zero-order chi connectivity index (χ0) is 23.9. The molecule has 7 heteroatoms. The largest absolute Gasteiger partial charge is 0.383 e. The van der Waals surface area contributed by atoms with Gasteiger partial charge in [0.25, 0.3) is 5.91 Å². The van der Waals surface area contributed by atoms with Crippen LogP contribution >= 0.6 is 15.9 Å². The van der Waals surface area contributed by atoms with Gasteiger partial charge < -0.3 is 5.73 Å². The average molecular weight is 505 g/mol. The van der Waals surface area contributed by atoms with E-state index in [1.165, 1.54) is 5.01 Å². The van der Waals surface area contributed by atoms with Crippen LogP contribution in [0.4, 0.5) is 0 Å². The summed E-state index contributed by atoms with van der Waals surface area (Å²) < 4.78 is 0.789. The number of hydrazine groups is 1. The molecular weight excluding hydrogens is 480 g/mol. The van der Waals surface area contributed by atoms with Crippen LogP contribution in [0.2, 0.25) is 0 Å². The van der Waals surface area contributed by atoms with Crippen LogP contribution in [-0.2, 0) is 4.79 Å². The predicted molar refractivity (Wildman–Crippen MR) is 129 cm³/mol. The van der Waals surface area contributed by atoms with E-state index in [0.29, 0.717) is 29.7 Å². The van der Waals surface area contributed by atoms with Crippen LogP contribution in [0.15, 0.2) is 75.7 Å². The number of carbonyl (C=O) groups is 2. The molecule has 1 amide bonds. The standard InChI is InChI=1S/C26H25BrN4O2/c1-15-8-10-16(11-9-15)25(33)30-31-20-12-26(2,3)13-21(32)23(20)22(18(14-28)24(31)29)17-6-4-5-7-19(17)27/h4-11,22H,12-13,29H2,1-3H3,(H,30,33). The van der Waals surface area contributed by atoms with Crippen LogP contribution in [0.3, 0.4) is 0 Å². The van der Waals surface area contributed by atoms with Crippen LogP contribution in [0.1, 0.15) is 54.1 Å². The van der Waals surface area contributed by atoms with Gasteiger partial charge in [-0.25, -0.2) is 5.01 Å². The van der Waals surface area contributed by atoms with E-state index in [9.17, 15) is 14.9 Å². The van der Waals surface area contributed by atoms with E-state index in [0.717, 1.165) is 15.6 Å². The normalized spacial score (nSPS) is 19.8. The Kier molecular flexibility index (Phi) is 5.89. The lowest BCUT2D eigenvalue weighted by atomic mass is 9.69. The van der Waals surface area contributed by atoms with Gasteiger partial charge in [-0.3, -0.25) is 15.0 Å². The smallest absolute Gasteiger partial charge is 0.270 e. The molecule has 0 aromatic heterocycles. The molecule has 1 aliphatic carbocycles. The molecule has 2 aromatic rings. The maximum atomic E-state index is 13.5. The molecule has 1 atom stereocenters. The van der Waals surface area contributed by atoms with Gasteiger partial charge in [0.15, 0.2) is 5.78 Å². The second-order valence-electron chi connectivity index (χ2n) is 9.31. The maximum absolute atomic E-state index is 13.5. The lowest BCUT2D eigenvalue weighted by molar-refractivity contribution is -0.118. The molecule has 33 heavy (non-hydrogen) atoms. The lowest BCUT2D eigenvalue weighted by Crippen LogP contribution is -2.49. The van der Waals surface area contributed by atoms with Crippen LogP contribution in [0.25, 0.3) is 0 Å². The van der Waals surface area contributed by atoms with Gasteiger partial charge in [-0.15, -0.1) is 0 Å². The second-order valence-corrected chi connectivity index (χ2v) is 10.2. The Bertz CT molecular complexity index is 1250. The average Bonchev–Trinajstić information content (AvgIpc) is 2.75. The Morgan fingerprint density at radius 2 is 1.85 bits per heavy atom. The van der Waals surface area contributed by atoms with Crippen molar-refractivity contribution in [3.63, 3.8) is 0 Å². The monoisotopic (exact) mass is 504 g/mol. The number of Topliss-reactive ketones (excluding diaryl/α,β-unsaturated/α-hetero) is 1. The van der Waals surface area contributed by atoms with Crippen molar-refractivity contribution in [2.45, 2.75) is 39.5 Å². The summed E-state index contributed by atoms with van der Waals surface area (Å²) in [6, 6.07) is 16.9. The van der Waals surface area contributed by atoms with Crippen LogP contribution < -0.4 is 11.2 Å². The first-order chi connectivity index (χ1) is 15.6. The number of halogens is 1.